The highest BCUT2D eigenvalue weighted by Crippen LogP contribution is 2.22. The topological polar surface area (TPSA) is 81.0 Å². The summed E-state index contributed by atoms with van der Waals surface area (Å²) in [6.07, 6.45) is 2.93. The molecule has 0 atom stereocenters. The van der Waals surface area contributed by atoms with Crippen molar-refractivity contribution in [2.24, 2.45) is 5.73 Å². The monoisotopic (exact) mass is 231 g/mol. The van der Waals surface area contributed by atoms with Crippen LogP contribution in [-0.4, -0.2) is 9.97 Å². The molecule has 2 rings (SSSR count). The van der Waals surface area contributed by atoms with Gasteiger partial charge in [-0.25, -0.2) is 4.98 Å². The lowest BCUT2D eigenvalue weighted by atomic mass is 10.1. The first-order valence-electron chi connectivity index (χ1n) is 5.22. The zero-order chi connectivity index (χ0) is 12.3. The molecule has 0 amide bonds. The van der Waals surface area contributed by atoms with Gasteiger partial charge in [-0.05, 0) is 24.1 Å². The van der Waals surface area contributed by atoms with E-state index in [-0.39, 0.29) is 11.4 Å². The standard InChI is InChI=1S/C12H13N3O2/c1-8-2-3-9(7-13)6-10(8)17-12-11(16)14-4-5-15-12/h2-6H,7,13H2,1H3,(H,14,16). The summed E-state index contributed by atoms with van der Waals surface area (Å²) < 4.78 is 5.47. The van der Waals surface area contributed by atoms with E-state index in [9.17, 15) is 4.79 Å². The maximum Gasteiger partial charge on any atom is 0.311 e. The fourth-order valence-corrected chi connectivity index (χ4v) is 1.40. The smallest absolute Gasteiger partial charge is 0.311 e. The Morgan fingerprint density at radius 3 is 3.00 bits per heavy atom. The van der Waals surface area contributed by atoms with E-state index in [1.165, 1.54) is 12.4 Å². The lowest BCUT2D eigenvalue weighted by molar-refractivity contribution is 0.450. The minimum atomic E-state index is -0.356. The molecule has 2 aromatic rings. The van der Waals surface area contributed by atoms with Crippen LogP contribution in [0.3, 0.4) is 0 Å². The van der Waals surface area contributed by atoms with Gasteiger partial charge < -0.3 is 15.5 Å². The number of benzene rings is 1. The Morgan fingerprint density at radius 2 is 2.29 bits per heavy atom. The third kappa shape index (κ3) is 2.51. The van der Waals surface area contributed by atoms with Crippen LogP contribution in [0, 0.1) is 6.92 Å². The van der Waals surface area contributed by atoms with E-state index in [1.54, 1.807) is 0 Å². The molecule has 3 N–H and O–H groups in total. The Labute approximate surface area is 98.3 Å². The number of H-pyrrole nitrogens is 1. The van der Waals surface area contributed by atoms with Crippen LogP contribution in [-0.2, 0) is 6.54 Å². The number of aromatic amines is 1. The summed E-state index contributed by atoms with van der Waals surface area (Å²) in [7, 11) is 0. The van der Waals surface area contributed by atoms with Crippen LogP contribution in [0.25, 0.3) is 0 Å². The Morgan fingerprint density at radius 1 is 1.47 bits per heavy atom. The van der Waals surface area contributed by atoms with E-state index in [2.05, 4.69) is 9.97 Å². The molecular formula is C12H13N3O2. The summed E-state index contributed by atoms with van der Waals surface area (Å²) in [5, 5.41) is 0. The van der Waals surface area contributed by atoms with Gasteiger partial charge in [0.25, 0.3) is 5.88 Å². The molecule has 1 heterocycles. The Bertz CT molecular complexity index is 578. The van der Waals surface area contributed by atoms with E-state index >= 15 is 0 Å². The molecule has 0 saturated heterocycles. The maximum absolute atomic E-state index is 11.4. The molecule has 0 aliphatic carbocycles. The summed E-state index contributed by atoms with van der Waals surface area (Å²) in [5.41, 5.74) is 7.06. The number of rotatable bonds is 3. The van der Waals surface area contributed by atoms with Gasteiger partial charge in [0.2, 0.25) is 0 Å². The second kappa shape index (κ2) is 4.80. The number of aryl methyl sites for hydroxylation is 1. The van der Waals surface area contributed by atoms with Crippen LogP contribution < -0.4 is 16.0 Å². The van der Waals surface area contributed by atoms with Crippen molar-refractivity contribution in [1.82, 2.24) is 9.97 Å². The van der Waals surface area contributed by atoms with Gasteiger partial charge in [-0.15, -0.1) is 0 Å². The molecule has 88 valence electrons. The second-order valence-electron chi connectivity index (χ2n) is 3.63. The molecule has 0 aliphatic rings. The van der Waals surface area contributed by atoms with E-state index in [1.807, 2.05) is 25.1 Å². The quantitative estimate of drug-likeness (QED) is 0.835. The number of hydrogen-bond acceptors (Lipinski definition) is 4. The molecule has 1 aromatic heterocycles. The highest BCUT2D eigenvalue weighted by Gasteiger charge is 2.06. The first-order valence-corrected chi connectivity index (χ1v) is 5.22. The fraction of sp³-hybridized carbons (Fsp3) is 0.167. The molecule has 5 nitrogen and oxygen atoms in total. The van der Waals surface area contributed by atoms with Gasteiger partial charge in [-0.3, -0.25) is 4.79 Å². The highest BCUT2D eigenvalue weighted by molar-refractivity contribution is 5.38. The first kappa shape index (κ1) is 11.3. The fourth-order valence-electron chi connectivity index (χ4n) is 1.40. The summed E-state index contributed by atoms with van der Waals surface area (Å²) in [5.74, 6) is 0.627. The molecule has 0 spiro atoms. The van der Waals surface area contributed by atoms with E-state index in [0.29, 0.717) is 12.3 Å². The average molecular weight is 231 g/mol. The van der Waals surface area contributed by atoms with Gasteiger partial charge in [0.1, 0.15) is 5.75 Å². The zero-order valence-electron chi connectivity index (χ0n) is 9.43. The molecule has 0 bridgehead atoms. The summed E-state index contributed by atoms with van der Waals surface area (Å²) in [6.45, 7) is 2.32. The van der Waals surface area contributed by atoms with Crippen molar-refractivity contribution in [2.45, 2.75) is 13.5 Å². The number of nitrogens with zero attached hydrogens (tertiary/aromatic N) is 1. The molecular weight excluding hydrogens is 218 g/mol. The van der Waals surface area contributed by atoms with Crippen LogP contribution >= 0.6 is 0 Å². The van der Waals surface area contributed by atoms with E-state index in [0.717, 1.165) is 11.1 Å². The third-order valence-electron chi connectivity index (χ3n) is 2.37. The predicted molar refractivity (Wildman–Crippen MR) is 64.0 cm³/mol. The van der Waals surface area contributed by atoms with Gasteiger partial charge in [0, 0.05) is 18.9 Å². The first-order chi connectivity index (χ1) is 8.20. The molecule has 0 fully saturated rings. The Balaban J connectivity index is 2.36. The van der Waals surface area contributed by atoms with Crippen molar-refractivity contribution in [3.63, 3.8) is 0 Å². The van der Waals surface area contributed by atoms with Gasteiger partial charge >= 0.3 is 5.56 Å². The number of nitrogens with two attached hydrogens (primary N) is 1. The van der Waals surface area contributed by atoms with Crippen molar-refractivity contribution in [3.8, 4) is 11.6 Å². The normalized spacial score (nSPS) is 10.2. The third-order valence-corrected chi connectivity index (χ3v) is 2.37. The van der Waals surface area contributed by atoms with Crippen molar-refractivity contribution >= 4 is 0 Å². The highest BCUT2D eigenvalue weighted by atomic mass is 16.5. The van der Waals surface area contributed by atoms with Crippen molar-refractivity contribution in [2.75, 3.05) is 0 Å². The molecule has 0 saturated carbocycles. The van der Waals surface area contributed by atoms with Gasteiger partial charge in [-0.1, -0.05) is 12.1 Å². The van der Waals surface area contributed by atoms with Gasteiger partial charge in [0.15, 0.2) is 0 Å². The van der Waals surface area contributed by atoms with Gasteiger partial charge in [0.05, 0.1) is 0 Å². The predicted octanol–water partition coefficient (Wildman–Crippen LogP) is 1.33. The molecule has 0 unspecified atom stereocenters. The molecule has 0 aliphatic heterocycles. The van der Waals surface area contributed by atoms with Crippen molar-refractivity contribution in [3.05, 3.63) is 52.1 Å². The molecule has 1 aromatic carbocycles. The van der Waals surface area contributed by atoms with Crippen molar-refractivity contribution < 1.29 is 4.74 Å². The summed E-state index contributed by atoms with van der Waals surface area (Å²) in [4.78, 5) is 17.8. The number of nitrogens with one attached hydrogen (secondary N) is 1. The van der Waals surface area contributed by atoms with Crippen LogP contribution in [0.4, 0.5) is 0 Å². The van der Waals surface area contributed by atoms with Crippen LogP contribution in [0.1, 0.15) is 11.1 Å². The number of hydrogen-bond donors (Lipinski definition) is 2. The zero-order valence-corrected chi connectivity index (χ0v) is 9.43. The summed E-state index contributed by atoms with van der Waals surface area (Å²) in [6, 6.07) is 5.63. The second-order valence-corrected chi connectivity index (χ2v) is 3.63. The number of aromatic nitrogens is 2. The van der Waals surface area contributed by atoms with E-state index in [4.69, 9.17) is 10.5 Å². The minimum absolute atomic E-state index is 0.0322. The SMILES string of the molecule is Cc1ccc(CN)cc1Oc1ncc[nH]c1=O. The Hall–Kier alpha value is -2.14. The van der Waals surface area contributed by atoms with Crippen LogP contribution in [0.2, 0.25) is 0 Å². The van der Waals surface area contributed by atoms with E-state index < -0.39 is 0 Å². The average Bonchev–Trinajstić information content (AvgIpc) is 2.35. The van der Waals surface area contributed by atoms with Gasteiger partial charge in [-0.2, -0.15) is 0 Å². The molecule has 5 heteroatoms. The Kier molecular flexibility index (Phi) is 3.20. The maximum atomic E-state index is 11.4. The molecule has 0 radical (unpaired) electrons. The largest absolute Gasteiger partial charge is 0.434 e. The number of ether oxygens (including phenoxy) is 1. The van der Waals surface area contributed by atoms with Crippen molar-refractivity contribution in [1.29, 1.82) is 0 Å². The van der Waals surface area contributed by atoms with Crippen LogP contribution in [0.5, 0.6) is 11.6 Å². The summed E-state index contributed by atoms with van der Waals surface area (Å²) >= 11 is 0. The molecule has 17 heavy (non-hydrogen) atoms. The minimum Gasteiger partial charge on any atom is -0.434 e. The lowest BCUT2D eigenvalue weighted by Crippen LogP contribution is -2.09. The van der Waals surface area contributed by atoms with Crippen LogP contribution in [0.15, 0.2) is 35.4 Å². The lowest BCUT2D eigenvalue weighted by Gasteiger charge is -2.08.